The van der Waals surface area contributed by atoms with Crippen molar-refractivity contribution in [2.75, 3.05) is 19.8 Å². The number of carbonyl (C=O) groups excluding carboxylic acids is 1. The molecule has 0 heterocycles. The lowest BCUT2D eigenvalue weighted by Crippen LogP contribution is -2.18. The molecule has 0 unspecified atom stereocenters. The van der Waals surface area contributed by atoms with Crippen LogP contribution in [0.5, 0.6) is 17.2 Å². The molecule has 1 aromatic carbocycles. The third-order valence-electron chi connectivity index (χ3n) is 2.85. The van der Waals surface area contributed by atoms with Crippen molar-refractivity contribution in [1.29, 1.82) is 0 Å². The maximum Gasteiger partial charge on any atom is 0.271 e. The molecule has 0 radical (unpaired) electrons. The lowest BCUT2D eigenvalue weighted by Gasteiger charge is -2.16. The molecule has 0 saturated carbocycles. The first-order valence-corrected chi connectivity index (χ1v) is 8.06. The highest BCUT2D eigenvalue weighted by Gasteiger charge is 2.18. The van der Waals surface area contributed by atoms with Crippen molar-refractivity contribution >= 4 is 12.1 Å². The van der Waals surface area contributed by atoms with Crippen LogP contribution in [0.15, 0.2) is 17.2 Å². The Hall–Kier alpha value is -2.24. The fraction of sp³-hybridized carbons (Fsp3) is 0.529. The molecule has 1 amide bonds. The Bertz CT molecular complexity index is 502. The number of carbonyl (C=O) groups is 1. The van der Waals surface area contributed by atoms with Crippen molar-refractivity contribution in [3.8, 4) is 17.2 Å². The van der Waals surface area contributed by atoms with Crippen LogP contribution >= 0.6 is 0 Å². The first-order valence-electron chi connectivity index (χ1n) is 8.06. The van der Waals surface area contributed by atoms with Gasteiger partial charge in [0.05, 0.1) is 19.8 Å². The van der Waals surface area contributed by atoms with Crippen LogP contribution in [0, 0.1) is 0 Å². The SMILES string of the molecule is CCCC=NNC(=O)c1cc(OCC)c(OCC)c(OCC)c1. The monoisotopic (exact) mass is 322 g/mol. The molecule has 1 N–H and O–H groups in total. The van der Waals surface area contributed by atoms with E-state index < -0.39 is 0 Å². The van der Waals surface area contributed by atoms with Gasteiger partial charge in [0.1, 0.15) is 0 Å². The van der Waals surface area contributed by atoms with Crippen molar-refractivity contribution in [2.45, 2.75) is 40.5 Å². The second kappa shape index (κ2) is 10.5. The van der Waals surface area contributed by atoms with E-state index in [-0.39, 0.29) is 5.91 Å². The maximum atomic E-state index is 12.2. The smallest absolute Gasteiger partial charge is 0.271 e. The zero-order chi connectivity index (χ0) is 17.1. The number of ether oxygens (including phenoxy) is 3. The first kappa shape index (κ1) is 18.8. The van der Waals surface area contributed by atoms with Gasteiger partial charge in [-0.05, 0) is 39.3 Å². The van der Waals surface area contributed by atoms with Gasteiger partial charge in [0.2, 0.25) is 5.75 Å². The van der Waals surface area contributed by atoms with Gasteiger partial charge in [-0.2, -0.15) is 5.10 Å². The van der Waals surface area contributed by atoms with Gasteiger partial charge in [-0.15, -0.1) is 0 Å². The number of amides is 1. The van der Waals surface area contributed by atoms with E-state index in [1.54, 1.807) is 18.3 Å². The molecule has 0 aromatic heterocycles. The highest BCUT2D eigenvalue weighted by molar-refractivity contribution is 5.95. The molecule has 0 bridgehead atoms. The molecule has 0 aliphatic rings. The second-order valence-electron chi connectivity index (χ2n) is 4.64. The predicted molar refractivity (Wildman–Crippen MR) is 90.8 cm³/mol. The van der Waals surface area contributed by atoms with Gasteiger partial charge in [-0.1, -0.05) is 13.3 Å². The summed E-state index contributed by atoms with van der Waals surface area (Å²) in [5.41, 5.74) is 2.91. The third kappa shape index (κ3) is 5.81. The Morgan fingerprint density at radius 3 is 2.09 bits per heavy atom. The number of hydrogen-bond acceptors (Lipinski definition) is 5. The summed E-state index contributed by atoms with van der Waals surface area (Å²) in [5.74, 6) is 1.18. The van der Waals surface area contributed by atoms with Gasteiger partial charge in [0, 0.05) is 11.8 Å². The van der Waals surface area contributed by atoms with Crippen molar-refractivity contribution in [2.24, 2.45) is 5.10 Å². The summed E-state index contributed by atoms with van der Waals surface area (Å²) in [4.78, 5) is 12.2. The number of nitrogens with one attached hydrogen (secondary N) is 1. The molecule has 0 spiro atoms. The molecule has 0 aliphatic heterocycles. The zero-order valence-electron chi connectivity index (χ0n) is 14.3. The van der Waals surface area contributed by atoms with E-state index in [1.807, 2.05) is 27.7 Å². The average molecular weight is 322 g/mol. The van der Waals surface area contributed by atoms with Gasteiger partial charge in [-0.25, -0.2) is 5.43 Å². The molecule has 0 atom stereocenters. The number of benzene rings is 1. The predicted octanol–water partition coefficient (Wildman–Crippen LogP) is 3.40. The van der Waals surface area contributed by atoms with Gasteiger partial charge < -0.3 is 14.2 Å². The Morgan fingerprint density at radius 2 is 1.61 bits per heavy atom. The molecule has 0 saturated heterocycles. The highest BCUT2D eigenvalue weighted by Crippen LogP contribution is 2.39. The minimum Gasteiger partial charge on any atom is -0.490 e. The van der Waals surface area contributed by atoms with Crippen molar-refractivity contribution in [3.05, 3.63) is 17.7 Å². The van der Waals surface area contributed by atoms with Gasteiger partial charge >= 0.3 is 0 Å². The van der Waals surface area contributed by atoms with E-state index in [2.05, 4.69) is 10.5 Å². The lowest BCUT2D eigenvalue weighted by molar-refractivity contribution is 0.0954. The summed E-state index contributed by atoms with van der Waals surface area (Å²) in [6.07, 6.45) is 3.47. The molecule has 1 aromatic rings. The Balaban J connectivity index is 3.09. The molecule has 0 aliphatic carbocycles. The molecule has 6 heteroatoms. The van der Waals surface area contributed by atoms with E-state index >= 15 is 0 Å². The van der Waals surface area contributed by atoms with Crippen LogP contribution in [0.1, 0.15) is 50.9 Å². The molecule has 0 fully saturated rings. The number of unbranched alkanes of at least 4 members (excludes halogenated alkanes) is 1. The molecule has 128 valence electrons. The Morgan fingerprint density at radius 1 is 1.04 bits per heavy atom. The quantitative estimate of drug-likeness (QED) is 0.529. The van der Waals surface area contributed by atoms with Crippen LogP contribution in [-0.2, 0) is 0 Å². The second-order valence-corrected chi connectivity index (χ2v) is 4.64. The van der Waals surface area contributed by atoms with Crippen molar-refractivity contribution in [3.63, 3.8) is 0 Å². The highest BCUT2D eigenvalue weighted by atomic mass is 16.5. The van der Waals surface area contributed by atoms with Crippen LogP contribution in [0.25, 0.3) is 0 Å². The van der Waals surface area contributed by atoms with E-state index in [1.165, 1.54) is 0 Å². The van der Waals surface area contributed by atoms with E-state index in [9.17, 15) is 4.79 Å². The zero-order valence-corrected chi connectivity index (χ0v) is 14.3. The number of hydrogen-bond donors (Lipinski definition) is 1. The van der Waals surface area contributed by atoms with Gasteiger partial charge in [-0.3, -0.25) is 4.79 Å². The summed E-state index contributed by atoms with van der Waals surface area (Å²) in [6, 6.07) is 3.28. The average Bonchev–Trinajstić information content (AvgIpc) is 2.54. The number of hydrazone groups is 1. The fourth-order valence-corrected chi connectivity index (χ4v) is 1.88. The normalized spacial score (nSPS) is 10.6. The summed E-state index contributed by atoms with van der Waals surface area (Å²) in [5, 5.41) is 3.91. The largest absolute Gasteiger partial charge is 0.490 e. The molecule has 1 rings (SSSR count). The van der Waals surface area contributed by atoms with Crippen LogP contribution < -0.4 is 19.6 Å². The standard InChI is InChI=1S/C17H26N2O4/c1-5-9-10-18-19-17(20)13-11-14(21-6-2)16(23-8-4)15(12-13)22-7-3/h10-12H,5-9H2,1-4H3,(H,19,20). The minimum absolute atomic E-state index is 0.317. The topological polar surface area (TPSA) is 69.2 Å². The fourth-order valence-electron chi connectivity index (χ4n) is 1.88. The van der Waals surface area contributed by atoms with Gasteiger partial charge in [0.15, 0.2) is 11.5 Å². The number of rotatable bonds is 10. The summed E-state index contributed by atoms with van der Waals surface area (Å²) >= 11 is 0. The lowest BCUT2D eigenvalue weighted by atomic mass is 10.1. The number of nitrogens with zero attached hydrogens (tertiary/aromatic N) is 1. The molecular weight excluding hydrogens is 296 g/mol. The van der Waals surface area contributed by atoms with E-state index in [4.69, 9.17) is 14.2 Å². The van der Waals surface area contributed by atoms with E-state index in [0.717, 1.165) is 12.8 Å². The van der Waals surface area contributed by atoms with Crippen LogP contribution in [0.2, 0.25) is 0 Å². The molecular formula is C17H26N2O4. The van der Waals surface area contributed by atoms with Crippen LogP contribution in [-0.4, -0.2) is 31.9 Å². The minimum atomic E-state index is -0.317. The van der Waals surface area contributed by atoms with Crippen molar-refractivity contribution < 1.29 is 19.0 Å². The summed E-state index contributed by atoms with van der Waals surface area (Å²) in [6.45, 7) is 9.08. The first-order chi connectivity index (χ1) is 11.2. The molecule has 6 nitrogen and oxygen atoms in total. The summed E-state index contributed by atoms with van der Waals surface area (Å²) in [7, 11) is 0. The van der Waals surface area contributed by atoms with Crippen LogP contribution in [0.4, 0.5) is 0 Å². The van der Waals surface area contributed by atoms with Crippen molar-refractivity contribution in [1.82, 2.24) is 5.43 Å². The molecule has 23 heavy (non-hydrogen) atoms. The summed E-state index contributed by atoms with van der Waals surface area (Å²) < 4.78 is 16.8. The third-order valence-corrected chi connectivity index (χ3v) is 2.85. The van der Waals surface area contributed by atoms with Crippen LogP contribution in [0.3, 0.4) is 0 Å². The van der Waals surface area contributed by atoms with Gasteiger partial charge in [0.25, 0.3) is 5.91 Å². The Kier molecular flexibility index (Phi) is 8.57. The Labute approximate surface area is 137 Å². The van der Waals surface area contributed by atoms with E-state index in [0.29, 0.717) is 42.6 Å². The maximum absolute atomic E-state index is 12.2.